The second-order valence-electron chi connectivity index (χ2n) is 8.63. The molecule has 0 radical (unpaired) electrons. The molecule has 1 aromatic carbocycles. The van der Waals surface area contributed by atoms with Crippen LogP contribution in [0.1, 0.15) is 62.2 Å². The van der Waals surface area contributed by atoms with Crippen LogP contribution in [0.25, 0.3) is 0 Å². The van der Waals surface area contributed by atoms with E-state index >= 15 is 0 Å². The summed E-state index contributed by atoms with van der Waals surface area (Å²) >= 11 is 0. The van der Waals surface area contributed by atoms with Crippen molar-refractivity contribution in [2.45, 2.75) is 58.2 Å². The number of rotatable bonds is 7. The second kappa shape index (κ2) is 6.84. The Morgan fingerprint density at radius 1 is 1.23 bits per heavy atom. The summed E-state index contributed by atoms with van der Waals surface area (Å²) in [7, 11) is 0. The maximum atomic E-state index is 14.0. The highest BCUT2D eigenvalue weighted by atomic mass is 19.1. The number of hydrogen-bond donors (Lipinski definition) is 1. The largest absolute Gasteiger partial charge is 0.478 e. The number of carbonyl (C=O) groups is 1. The lowest BCUT2D eigenvalue weighted by atomic mass is 9.50. The third-order valence-electron chi connectivity index (χ3n) is 6.51. The molecule has 0 aromatic heterocycles. The monoisotopic (exact) mass is 362 g/mol. The zero-order chi connectivity index (χ0) is 18.3. The van der Waals surface area contributed by atoms with E-state index in [0.717, 1.165) is 23.8 Å². The van der Waals surface area contributed by atoms with Crippen molar-refractivity contribution in [3.8, 4) is 5.75 Å². The van der Waals surface area contributed by atoms with Crippen molar-refractivity contribution in [2.75, 3.05) is 6.61 Å². The third kappa shape index (κ3) is 3.46. The highest BCUT2D eigenvalue weighted by Gasteiger charge is 2.51. The molecule has 5 heteroatoms. The minimum Gasteiger partial charge on any atom is -0.478 e. The van der Waals surface area contributed by atoms with E-state index in [-0.39, 0.29) is 16.7 Å². The summed E-state index contributed by atoms with van der Waals surface area (Å²) < 4.78 is 25.8. The van der Waals surface area contributed by atoms with Crippen molar-refractivity contribution in [3.05, 3.63) is 29.6 Å². The van der Waals surface area contributed by atoms with E-state index in [9.17, 15) is 9.18 Å². The molecule has 26 heavy (non-hydrogen) atoms. The number of ether oxygens (including phenoxy) is 2. The summed E-state index contributed by atoms with van der Waals surface area (Å²) in [4.78, 5) is 11.1. The lowest BCUT2D eigenvalue weighted by molar-refractivity contribution is -0.154. The SMILES string of the molecule is CCC(OCC12CC3CC(CC(C3)C1)C2)Oc1cc(C(=O)O)ccc1F. The molecule has 4 fully saturated rings. The number of carboxylic acids is 1. The summed E-state index contributed by atoms with van der Waals surface area (Å²) in [5.41, 5.74) is 0.282. The molecule has 4 aliphatic carbocycles. The third-order valence-corrected chi connectivity index (χ3v) is 6.51. The maximum absolute atomic E-state index is 14.0. The van der Waals surface area contributed by atoms with Gasteiger partial charge in [0.1, 0.15) is 0 Å². The standard InChI is InChI=1S/C21H27FO4/c1-2-19(26-18-8-16(20(23)24)3-4-17(18)22)25-12-21-9-13-5-14(10-21)7-15(6-13)11-21/h3-4,8,13-15,19H,2,5-7,9-12H2,1H3,(H,23,24). The summed E-state index contributed by atoms with van der Waals surface area (Å²) in [6.45, 7) is 2.60. The second-order valence-corrected chi connectivity index (χ2v) is 8.63. The van der Waals surface area contributed by atoms with E-state index in [1.54, 1.807) is 0 Å². The van der Waals surface area contributed by atoms with E-state index in [4.69, 9.17) is 14.6 Å². The summed E-state index contributed by atoms with van der Waals surface area (Å²) in [5, 5.41) is 9.08. The highest BCUT2D eigenvalue weighted by Crippen LogP contribution is 2.60. The minimum absolute atomic E-state index is 0.0114. The van der Waals surface area contributed by atoms with Crippen LogP contribution in [0.2, 0.25) is 0 Å². The van der Waals surface area contributed by atoms with Crippen LogP contribution in [0.15, 0.2) is 18.2 Å². The van der Waals surface area contributed by atoms with Crippen LogP contribution >= 0.6 is 0 Å². The number of aromatic carboxylic acids is 1. The summed E-state index contributed by atoms with van der Waals surface area (Å²) in [6.07, 6.45) is 7.94. The Bertz CT molecular complexity index is 651. The average molecular weight is 362 g/mol. The molecule has 1 atom stereocenters. The molecular weight excluding hydrogens is 335 g/mol. The number of carboxylic acid groups (broad SMARTS) is 1. The van der Waals surface area contributed by atoms with Crippen molar-refractivity contribution in [3.63, 3.8) is 0 Å². The van der Waals surface area contributed by atoms with Crippen molar-refractivity contribution in [1.82, 2.24) is 0 Å². The van der Waals surface area contributed by atoms with Crippen LogP contribution in [0.4, 0.5) is 4.39 Å². The van der Waals surface area contributed by atoms with Gasteiger partial charge in [0, 0.05) is 6.42 Å². The van der Waals surface area contributed by atoms with Gasteiger partial charge in [-0.1, -0.05) is 6.92 Å². The molecule has 1 N–H and O–H groups in total. The van der Waals surface area contributed by atoms with Gasteiger partial charge in [0.25, 0.3) is 0 Å². The molecule has 4 nitrogen and oxygen atoms in total. The highest BCUT2D eigenvalue weighted by molar-refractivity contribution is 5.88. The first-order chi connectivity index (χ1) is 12.5. The number of hydrogen-bond acceptors (Lipinski definition) is 3. The van der Waals surface area contributed by atoms with Gasteiger partial charge in [-0.25, -0.2) is 9.18 Å². The van der Waals surface area contributed by atoms with E-state index in [1.165, 1.54) is 50.7 Å². The molecule has 1 unspecified atom stereocenters. The zero-order valence-electron chi connectivity index (χ0n) is 15.2. The Morgan fingerprint density at radius 3 is 2.38 bits per heavy atom. The van der Waals surface area contributed by atoms with Gasteiger partial charge in [0.15, 0.2) is 17.9 Å². The average Bonchev–Trinajstić information content (AvgIpc) is 2.58. The molecule has 0 spiro atoms. The Labute approximate surface area is 153 Å². The quantitative estimate of drug-likeness (QED) is 0.703. The first-order valence-electron chi connectivity index (χ1n) is 9.77. The molecule has 4 saturated carbocycles. The molecule has 0 saturated heterocycles. The number of benzene rings is 1. The van der Waals surface area contributed by atoms with Gasteiger partial charge in [-0.15, -0.1) is 0 Å². The lowest BCUT2D eigenvalue weighted by Gasteiger charge is -2.56. The Kier molecular flexibility index (Phi) is 4.68. The van der Waals surface area contributed by atoms with E-state index in [2.05, 4.69) is 0 Å². The predicted octanol–water partition coefficient (Wildman–Crippen LogP) is 4.87. The Morgan fingerprint density at radius 2 is 1.85 bits per heavy atom. The number of halogens is 1. The van der Waals surface area contributed by atoms with Crippen molar-refractivity contribution in [2.24, 2.45) is 23.2 Å². The van der Waals surface area contributed by atoms with Crippen molar-refractivity contribution >= 4 is 5.97 Å². The van der Waals surface area contributed by atoms with Gasteiger partial charge < -0.3 is 14.6 Å². The van der Waals surface area contributed by atoms with Gasteiger partial charge in [0.2, 0.25) is 0 Å². The van der Waals surface area contributed by atoms with Gasteiger partial charge in [-0.2, -0.15) is 0 Å². The van der Waals surface area contributed by atoms with Gasteiger partial charge in [-0.05, 0) is 79.9 Å². The van der Waals surface area contributed by atoms with Gasteiger partial charge >= 0.3 is 5.97 Å². The van der Waals surface area contributed by atoms with E-state index in [0.29, 0.717) is 13.0 Å². The Hall–Kier alpha value is -1.62. The topological polar surface area (TPSA) is 55.8 Å². The summed E-state index contributed by atoms with van der Waals surface area (Å²) in [5.74, 6) is 0.855. The molecule has 5 rings (SSSR count). The normalized spacial score (nSPS) is 33.2. The molecule has 1 aromatic rings. The van der Waals surface area contributed by atoms with Crippen molar-refractivity contribution in [1.29, 1.82) is 0 Å². The molecular formula is C21H27FO4. The van der Waals surface area contributed by atoms with Crippen LogP contribution in [0, 0.1) is 29.0 Å². The minimum atomic E-state index is -1.10. The molecule has 4 bridgehead atoms. The lowest BCUT2D eigenvalue weighted by Crippen LogP contribution is -2.48. The van der Waals surface area contributed by atoms with E-state index < -0.39 is 18.1 Å². The fourth-order valence-corrected chi connectivity index (χ4v) is 5.84. The molecule has 142 valence electrons. The fourth-order valence-electron chi connectivity index (χ4n) is 5.84. The van der Waals surface area contributed by atoms with Crippen LogP contribution < -0.4 is 4.74 Å². The molecule has 4 aliphatic rings. The molecule has 0 heterocycles. The van der Waals surface area contributed by atoms with Crippen LogP contribution in [0.5, 0.6) is 5.75 Å². The first kappa shape index (κ1) is 17.8. The Balaban J connectivity index is 1.41. The van der Waals surface area contributed by atoms with E-state index in [1.807, 2.05) is 6.92 Å². The zero-order valence-corrected chi connectivity index (χ0v) is 15.2. The molecule has 0 amide bonds. The first-order valence-corrected chi connectivity index (χ1v) is 9.77. The van der Waals surface area contributed by atoms with Crippen molar-refractivity contribution < 1.29 is 23.8 Å². The van der Waals surface area contributed by atoms with Crippen LogP contribution in [0.3, 0.4) is 0 Å². The fraction of sp³-hybridized carbons (Fsp3) is 0.667. The van der Waals surface area contributed by atoms with Crippen LogP contribution in [-0.4, -0.2) is 24.0 Å². The smallest absolute Gasteiger partial charge is 0.335 e. The van der Waals surface area contributed by atoms with Gasteiger partial charge in [0.05, 0.1) is 12.2 Å². The summed E-state index contributed by atoms with van der Waals surface area (Å²) in [6, 6.07) is 3.60. The van der Waals surface area contributed by atoms with Crippen LogP contribution in [-0.2, 0) is 4.74 Å². The van der Waals surface area contributed by atoms with Gasteiger partial charge in [-0.3, -0.25) is 0 Å². The maximum Gasteiger partial charge on any atom is 0.335 e. The predicted molar refractivity (Wildman–Crippen MR) is 94.6 cm³/mol. The molecule has 0 aliphatic heterocycles.